The van der Waals surface area contributed by atoms with Crippen LogP contribution in [-0.4, -0.2) is 27.8 Å². The van der Waals surface area contributed by atoms with Crippen molar-refractivity contribution in [1.82, 2.24) is 4.72 Å². The van der Waals surface area contributed by atoms with E-state index in [9.17, 15) is 26.7 Å². The third-order valence-corrected chi connectivity index (χ3v) is 7.71. The molecule has 0 bridgehead atoms. The Hall–Kier alpha value is -2.71. The van der Waals surface area contributed by atoms with Crippen LogP contribution in [0.5, 0.6) is 0 Å². The fraction of sp³-hybridized carbons (Fsp3) is 0.318. The number of aliphatic hydroxyl groups is 1. The van der Waals surface area contributed by atoms with Crippen molar-refractivity contribution in [3.63, 3.8) is 0 Å². The molecule has 8 nitrogen and oxygen atoms in total. The summed E-state index contributed by atoms with van der Waals surface area (Å²) in [6.07, 6.45) is 5.59. The minimum atomic E-state index is -4.53. The molecule has 1 aliphatic rings. The van der Waals surface area contributed by atoms with Gasteiger partial charge < -0.3 is 5.11 Å². The smallest absolute Gasteiger partial charge is 0.265 e. The number of aliphatic hydroxyl groups excluding tert-OH is 1. The molecule has 1 aliphatic carbocycles. The van der Waals surface area contributed by atoms with Crippen LogP contribution >= 0.6 is 0 Å². The van der Waals surface area contributed by atoms with E-state index in [1.807, 2.05) is 4.72 Å². The summed E-state index contributed by atoms with van der Waals surface area (Å²) in [4.78, 5) is 11.3. The molecule has 2 aromatic rings. The number of carbonyl (C=O) groups excluding carboxylic acids is 1. The molecule has 1 fully saturated rings. The highest BCUT2D eigenvalue weighted by molar-refractivity contribution is 7.92. The van der Waals surface area contributed by atoms with Gasteiger partial charge >= 0.3 is 0 Å². The van der Waals surface area contributed by atoms with E-state index in [2.05, 4.69) is 11.8 Å². The van der Waals surface area contributed by atoms with Gasteiger partial charge in [-0.3, -0.25) is 4.79 Å². The number of nitrogens with one attached hydrogen (secondary N) is 1. The second kappa shape index (κ2) is 9.83. The van der Waals surface area contributed by atoms with E-state index in [4.69, 9.17) is 5.14 Å². The van der Waals surface area contributed by atoms with Crippen LogP contribution in [0.3, 0.4) is 0 Å². The third kappa shape index (κ3) is 5.75. The average molecular weight is 477 g/mol. The van der Waals surface area contributed by atoms with Gasteiger partial charge in [0, 0.05) is 17.0 Å². The Morgan fingerprint density at radius 1 is 1.03 bits per heavy atom. The van der Waals surface area contributed by atoms with Crippen LogP contribution in [0, 0.1) is 17.8 Å². The number of amides is 1. The number of carbonyl (C=O) groups is 1. The number of nitrogens with two attached hydrogens (primary N) is 1. The van der Waals surface area contributed by atoms with Crippen molar-refractivity contribution in [1.29, 1.82) is 0 Å². The van der Waals surface area contributed by atoms with E-state index in [1.54, 1.807) is 6.07 Å². The molecule has 0 unspecified atom stereocenters. The highest BCUT2D eigenvalue weighted by Crippen LogP contribution is 2.23. The van der Waals surface area contributed by atoms with Gasteiger partial charge in [0.25, 0.3) is 15.9 Å². The maximum Gasteiger partial charge on any atom is 0.265 e. The minimum absolute atomic E-state index is 0.0195. The Morgan fingerprint density at radius 2 is 1.69 bits per heavy atom. The van der Waals surface area contributed by atoms with Gasteiger partial charge in [-0.25, -0.2) is 26.7 Å². The van der Waals surface area contributed by atoms with Crippen LogP contribution < -0.4 is 9.86 Å². The van der Waals surface area contributed by atoms with E-state index in [0.29, 0.717) is 17.0 Å². The lowest BCUT2D eigenvalue weighted by Gasteiger charge is -2.15. The normalized spacial score (nSPS) is 14.9. The first-order valence-corrected chi connectivity index (χ1v) is 13.1. The second-order valence-electron chi connectivity index (χ2n) is 7.56. The molecule has 3 rings (SSSR count). The number of hydrogen-bond acceptors (Lipinski definition) is 6. The summed E-state index contributed by atoms with van der Waals surface area (Å²) in [5.74, 6) is 5.60. The first-order chi connectivity index (χ1) is 15.1. The molecule has 0 aliphatic heterocycles. The topological polar surface area (TPSA) is 144 Å². The quantitative estimate of drug-likeness (QED) is 0.562. The van der Waals surface area contributed by atoms with Crippen LogP contribution in [0.1, 0.15) is 53.6 Å². The van der Waals surface area contributed by atoms with Gasteiger partial charge in [-0.2, -0.15) is 0 Å². The van der Waals surface area contributed by atoms with Gasteiger partial charge in [0.15, 0.2) is 0 Å². The van der Waals surface area contributed by atoms with Gasteiger partial charge in [0.1, 0.15) is 9.79 Å². The fourth-order valence-electron chi connectivity index (χ4n) is 3.56. The molecule has 0 radical (unpaired) electrons. The van der Waals surface area contributed by atoms with Crippen LogP contribution in [0.4, 0.5) is 0 Å². The highest BCUT2D eigenvalue weighted by Gasteiger charge is 2.26. The van der Waals surface area contributed by atoms with Crippen LogP contribution in [0.2, 0.25) is 0 Å². The summed E-state index contributed by atoms with van der Waals surface area (Å²) < 4.78 is 50.6. The molecule has 0 heterocycles. The molecule has 0 saturated heterocycles. The number of sulfonamides is 2. The maximum absolute atomic E-state index is 12.7. The van der Waals surface area contributed by atoms with Crippen molar-refractivity contribution in [2.24, 2.45) is 11.1 Å². The van der Waals surface area contributed by atoms with Gasteiger partial charge in [-0.15, -0.1) is 0 Å². The fourth-order valence-corrected chi connectivity index (χ4v) is 5.91. The molecule has 0 aromatic heterocycles. The number of hydrogen-bond donors (Lipinski definition) is 3. The minimum Gasteiger partial charge on any atom is -0.392 e. The average Bonchev–Trinajstić information content (AvgIpc) is 2.77. The van der Waals surface area contributed by atoms with Gasteiger partial charge in [-0.1, -0.05) is 43.2 Å². The molecule has 170 valence electrons. The zero-order valence-corrected chi connectivity index (χ0v) is 18.9. The summed E-state index contributed by atoms with van der Waals surface area (Å²) in [6, 6.07) is 9.04. The molecule has 0 atom stereocenters. The molecule has 10 heteroatoms. The standard InChI is InChI=1S/C22H24N2O6S2/c23-31(27,28)20-8-4-5-9-21(20)32(29,30)24-22(26)18-13-12-17(19(14-18)15-25)11-10-16-6-2-1-3-7-16/h4-5,8-9,12-14,16,25H,1-3,6-7,15H2,(H,24,26)(H2,23,27,28). The molecule has 1 saturated carbocycles. The Labute approximate surface area is 187 Å². The van der Waals surface area contributed by atoms with Gasteiger partial charge in [0.05, 0.1) is 6.61 Å². The van der Waals surface area contributed by atoms with E-state index in [0.717, 1.165) is 37.8 Å². The molecular weight excluding hydrogens is 452 g/mol. The lowest BCUT2D eigenvalue weighted by molar-refractivity contribution is 0.0981. The molecule has 2 aromatic carbocycles. The van der Waals surface area contributed by atoms with Crippen LogP contribution in [-0.2, 0) is 26.7 Å². The Bertz CT molecular complexity index is 1290. The highest BCUT2D eigenvalue weighted by atomic mass is 32.2. The van der Waals surface area contributed by atoms with E-state index < -0.39 is 35.7 Å². The van der Waals surface area contributed by atoms with Crippen LogP contribution in [0.15, 0.2) is 52.3 Å². The molecule has 4 N–H and O–H groups in total. The first kappa shape index (κ1) is 23.9. The number of primary sulfonamides is 1. The molecule has 32 heavy (non-hydrogen) atoms. The summed E-state index contributed by atoms with van der Waals surface area (Å²) in [7, 11) is -8.85. The summed E-state index contributed by atoms with van der Waals surface area (Å²) in [5, 5.41) is 14.8. The number of benzene rings is 2. The Kier molecular flexibility index (Phi) is 7.36. The monoisotopic (exact) mass is 476 g/mol. The van der Waals surface area contributed by atoms with Crippen molar-refractivity contribution in [2.75, 3.05) is 0 Å². The van der Waals surface area contributed by atoms with Crippen molar-refractivity contribution in [3.8, 4) is 11.8 Å². The van der Waals surface area contributed by atoms with Gasteiger partial charge in [-0.05, 0) is 48.7 Å². The SMILES string of the molecule is NS(=O)(=O)c1ccccc1S(=O)(=O)NC(=O)c1ccc(C#CC2CCCCC2)c(CO)c1. The largest absolute Gasteiger partial charge is 0.392 e. The predicted octanol–water partition coefficient (Wildman–Crippen LogP) is 1.88. The molecule has 1 amide bonds. The third-order valence-electron chi connectivity index (χ3n) is 5.23. The zero-order valence-electron chi connectivity index (χ0n) is 17.2. The predicted molar refractivity (Wildman–Crippen MR) is 118 cm³/mol. The van der Waals surface area contributed by atoms with Crippen LogP contribution in [0.25, 0.3) is 0 Å². The van der Waals surface area contributed by atoms with Crippen molar-refractivity contribution in [3.05, 3.63) is 59.2 Å². The Balaban J connectivity index is 1.85. The Morgan fingerprint density at radius 3 is 2.31 bits per heavy atom. The molecular formula is C22H24N2O6S2. The first-order valence-electron chi connectivity index (χ1n) is 10.1. The summed E-state index contributed by atoms with van der Waals surface area (Å²) in [6.45, 7) is -0.378. The molecule has 0 spiro atoms. The van der Waals surface area contributed by atoms with Gasteiger partial charge in [0.2, 0.25) is 10.0 Å². The van der Waals surface area contributed by atoms with Crippen molar-refractivity contribution < 1.29 is 26.7 Å². The zero-order chi connectivity index (χ0) is 23.4. The van der Waals surface area contributed by atoms with E-state index in [1.165, 1.54) is 30.7 Å². The van der Waals surface area contributed by atoms with Crippen molar-refractivity contribution in [2.45, 2.75) is 48.5 Å². The number of rotatable bonds is 5. The summed E-state index contributed by atoms with van der Waals surface area (Å²) >= 11 is 0. The van der Waals surface area contributed by atoms with Crippen molar-refractivity contribution >= 4 is 26.0 Å². The van der Waals surface area contributed by atoms with E-state index >= 15 is 0 Å². The maximum atomic E-state index is 12.7. The lowest BCUT2D eigenvalue weighted by Crippen LogP contribution is -2.32. The lowest BCUT2D eigenvalue weighted by atomic mass is 9.89. The summed E-state index contributed by atoms with van der Waals surface area (Å²) in [5.41, 5.74) is 0.939. The van der Waals surface area contributed by atoms with E-state index in [-0.39, 0.29) is 12.2 Å². The second-order valence-corrected chi connectivity index (χ2v) is 10.7.